The topological polar surface area (TPSA) is 34.1 Å². The van der Waals surface area contributed by atoms with E-state index in [1.165, 1.54) is 19.1 Å². The van der Waals surface area contributed by atoms with Crippen LogP contribution in [0.1, 0.15) is 47.0 Å². The lowest BCUT2D eigenvalue weighted by atomic mass is 9.66. The minimum absolute atomic E-state index is 0.0468. The van der Waals surface area contributed by atoms with Gasteiger partial charge in [-0.05, 0) is 37.3 Å². The lowest BCUT2D eigenvalue weighted by Crippen LogP contribution is -2.36. The van der Waals surface area contributed by atoms with Crippen molar-refractivity contribution in [2.24, 2.45) is 10.8 Å². The van der Waals surface area contributed by atoms with E-state index >= 15 is 0 Å². The lowest BCUT2D eigenvalue weighted by Gasteiger charge is -2.36. The fourth-order valence-electron chi connectivity index (χ4n) is 2.33. The zero-order chi connectivity index (χ0) is 11.7. The second-order valence-corrected chi connectivity index (χ2v) is 5.38. The van der Waals surface area contributed by atoms with Crippen LogP contribution >= 0.6 is 0 Å². The van der Waals surface area contributed by atoms with E-state index in [1.807, 2.05) is 6.92 Å². The van der Waals surface area contributed by atoms with Crippen LogP contribution < -0.4 is 0 Å². The molecule has 1 atom stereocenters. The minimum atomic E-state index is -0.293. The molecule has 1 fully saturated rings. The summed E-state index contributed by atoms with van der Waals surface area (Å²) in [6.07, 6.45) is 5.95. The minimum Gasteiger partial charge on any atom is -0.295 e. The van der Waals surface area contributed by atoms with Crippen molar-refractivity contribution in [3.63, 3.8) is 0 Å². The number of carbonyl (C=O) groups is 2. The first-order valence-electron chi connectivity index (χ1n) is 5.53. The highest BCUT2D eigenvalue weighted by Gasteiger charge is 2.48. The van der Waals surface area contributed by atoms with Crippen LogP contribution in [0.4, 0.5) is 0 Å². The van der Waals surface area contributed by atoms with Crippen molar-refractivity contribution in [2.75, 3.05) is 0 Å². The SMILES string of the molecule is CC(=O)/C=C/C(=O)C1(C)CCCC1(C)C. The summed E-state index contributed by atoms with van der Waals surface area (Å²) in [5.41, 5.74) is -0.246. The van der Waals surface area contributed by atoms with Crippen molar-refractivity contribution in [1.82, 2.24) is 0 Å². The van der Waals surface area contributed by atoms with Crippen molar-refractivity contribution in [3.05, 3.63) is 12.2 Å². The third-order valence-electron chi connectivity index (χ3n) is 3.99. The summed E-state index contributed by atoms with van der Waals surface area (Å²) in [7, 11) is 0. The van der Waals surface area contributed by atoms with E-state index in [2.05, 4.69) is 13.8 Å². The van der Waals surface area contributed by atoms with Crippen LogP contribution in [-0.2, 0) is 9.59 Å². The molecule has 0 aromatic carbocycles. The summed E-state index contributed by atoms with van der Waals surface area (Å²) in [5, 5.41) is 0. The van der Waals surface area contributed by atoms with Gasteiger partial charge in [0.15, 0.2) is 11.6 Å². The normalized spacial score (nSPS) is 29.6. The zero-order valence-corrected chi connectivity index (χ0v) is 10.1. The molecule has 1 unspecified atom stereocenters. The first-order chi connectivity index (χ1) is 6.79. The van der Waals surface area contributed by atoms with Gasteiger partial charge in [-0.25, -0.2) is 0 Å². The molecule has 1 saturated carbocycles. The monoisotopic (exact) mass is 208 g/mol. The predicted octanol–water partition coefficient (Wildman–Crippen LogP) is 2.92. The van der Waals surface area contributed by atoms with Crippen LogP contribution in [0, 0.1) is 10.8 Å². The highest BCUT2D eigenvalue weighted by Crippen LogP contribution is 2.52. The maximum atomic E-state index is 12.0. The smallest absolute Gasteiger partial charge is 0.162 e. The Bertz CT molecular complexity index is 312. The Labute approximate surface area is 91.7 Å². The second-order valence-electron chi connectivity index (χ2n) is 5.38. The van der Waals surface area contributed by atoms with E-state index in [4.69, 9.17) is 0 Å². The van der Waals surface area contributed by atoms with E-state index in [0.29, 0.717) is 0 Å². The van der Waals surface area contributed by atoms with E-state index in [1.54, 1.807) is 0 Å². The fourth-order valence-corrected chi connectivity index (χ4v) is 2.33. The van der Waals surface area contributed by atoms with Gasteiger partial charge in [-0.3, -0.25) is 9.59 Å². The zero-order valence-electron chi connectivity index (χ0n) is 10.1. The third kappa shape index (κ3) is 2.19. The molecule has 84 valence electrons. The van der Waals surface area contributed by atoms with Gasteiger partial charge in [0.1, 0.15) is 0 Å². The molecule has 1 aliphatic rings. The number of ketones is 2. The summed E-state index contributed by atoms with van der Waals surface area (Å²) in [4.78, 5) is 22.8. The summed E-state index contributed by atoms with van der Waals surface area (Å²) < 4.78 is 0. The average molecular weight is 208 g/mol. The molecule has 1 rings (SSSR count). The molecule has 0 aromatic rings. The maximum Gasteiger partial charge on any atom is 0.162 e. The fraction of sp³-hybridized carbons (Fsp3) is 0.692. The van der Waals surface area contributed by atoms with Crippen molar-refractivity contribution in [2.45, 2.75) is 47.0 Å². The molecule has 15 heavy (non-hydrogen) atoms. The van der Waals surface area contributed by atoms with Crippen molar-refractivity contribution in [1.29, 1.82) is 0 Å². The first-order valence-corrected chi connectivity index (χ1v) is 5.53. The predicted molar refractivity (Wildman–Crippen MR) is 60.6 cm³/mol. The molecule has 2 nitrogen and oxygen atoms in total. The van der Waals surface area contributed by atoms with Crippen LogP contribution in [0.3, 0.4) is 0 Å². The Kier molecular flexibility index (Phi) is 3.17. The average Bonchev–Trinajstić information content (AvgIpc) is 2.38. The van der Waals surface area contributed by atoms with Gasteiger partial charge >= 0.3 is 0 Å². The van der Waals surface area contributed by atoms with Gasteiger partial charge in [-0.1, -0.05) is 27.2 Å². The highest BCUT2D eigenvalue weighted by atomic mass is 16.1. The Hall–Kier alpha value is -0.920. The van der Waals surface area contributed by atoms with Gasteiger partial charge in [-0.2, -0.15) is 0 Å². The molecule has 0 radical (unpaired) electrons. The van der Waals surface area contributed by atoms with Crippen LogP contribution in [-0.4, -0.2) is 11.6 Å². The summed E-state index contributed by atoms with van der Waals surface area (Å²) >= 11 is 0. The maximum absolute atomic E-state index is 12.0. The third-order valence-corrected chi connectivity index (χ3v) is 3.99. The van der Waals surface area contributed by atoms with E-state index in [9.17, 15) is 9.59 Å². The molecule has 0 N–H and O–H groups in total. The van der Waals surface area contributed by atoms with Crippen LogP contribution in [0.25, 0.3) is 0 Å². The van der Waals surface area contributed by atoms with Gasteiger partial charge in [0, 0.05) is 5.41 Å². The van der Waals surface area contributed by atoms with Crippen molar-refractivity contribution >= 4 is 11.6 Å². The number of hydrogen-bond donors (Lipinski definition) is 0. The van der Waals surface area contributed by atoms with E-state index in [-0.39, 0.29) is 22.4 Å². The molecule has 1 aliphatic carbocycles. The second kappa shape index (κ2) is 3.92. The Morgan fingerprint density at radius 1 is 1.07 bits per heavy atom. The molecule has 0 aliphatic heterocycles. The van der Waals surface area contributed by atoms with Gasteiger partial charge in [0.25, 0.3) is 0 Å². The van der Waals surface area contributed by atoms with Gasteiger partial charge in [0.05, 0.1) is 0 Å². The van der Waals surface area contributed by atoms with Gasteiger partial charge in [-0.15, -0.1) is 0 Å². The standard InChI is InChI=1S/C13H20O2/c1-10(14)6-7-11(15)13(4)9-5-8-12(13,2)3/h6-7H,5,8-9H2,1-4H3/b7-6+. The summed E-state index contributed by atoms with van der Waals surface area (Å²) in [5.74, 6) is 0.0305. The highest BCUT2D eigenvalue weighted by molar-refractivity contribution is 6.00. The summed E-state index contributed by atoms with van der Waals surface area (Å²) in [6.45, 7) is 7.76. The molecule has 0 amide bonds. The Morgan fingerprint density at radius 2 is 1.67 bits per heavy atom. The molecule has 0 heterocycles. The van der Waals surface area contributed by atoms with Crippen LogP contribution in [0.5, 0.6) is 0 Å². The van der Waals surface area contributed by atoms with Crippen molar-refractivity contribution in [3.8, 4) is 0 Å². The van der Waals surface area contributed by atoms with E-state index < -0.39 is 0 Å². The molecule has 2 heteroatoms. The Morgan fingerprint density at radius 3 is 2.07 bits per heavy atom. The molecule has 0 bridgehead atoms. The van der Waals surface area contributed by atoms with Crippen molar-refractivity contribution < 1.29 is 9.59 Å². The largest absolute Gasteiger partial charge is 0.295 e. The van der Waals surface area contributed by atoms with Gasteiger partial charge < -0.3 is 0 Å². The van der Waals surface area contributed by atoms with Crippen LogP contribution in [0.15, 0.2) is 12.2 Å². The van der Waals surface area contributed by atoms with Gasteiger partial charge in [0.2, 0.25) is 0 Å². The van der Waals surface area contributed by atoms with E-state index in [0.717, 1.165) is 19.3 Å². The Balaban J connectivity index is 2.87. The molecule has 0 saturated heterocycles. The first kappa shape index (κ1) is 12.2. The number of allylic oxidation sites excluding steroid dienone is 2. The number of carbonyl (C=O) groups excluding carboxylic acids is 2. The summed E-state index contributed by atoms with van der Waals surface area (Å²) in [6, 6.07) is 0. The number of rotatable bonds is 3. The quantitative estimate of drug-likeness (QED) is 0.668. The molecule has 0 spiro atoms. The number of hydrogen-bond acceptors (Lipinski definition) is 2. The molecular formula is C13H20O2. The molecule has 0 aromatic heterocycles. The molecular weight excluding hydrogens is 188 g/mol. The lowest BCUT2D eigenvalue weighted by molar-refractivity contribution is -0.127. The van der Waals surface area contributed by atoms with Crippen LogP contribution in [0.2, 0.25) is 0 Å².